The average molecular weight is 273 g/mol. The fraction of sp³-hybridized carbons (Fsp3) is 0.500. The minimum atomic E-state index is -0.0960. The van der Waals surface area contributed by atoms with Gasteiger partial charge in [-0.2, -0.15) is 5.26 Å². The first-order chi connectivity index (χ1) is 6.72. The minimum absolute atomic E-state index is 0.0960. The zero-order valence-electron chi connectivity index (χ0n) is 8.33. The van der Waals surface area contributed by atoms with E-state index in [1.807, 2.05) is 11.4 Å². The van der Waals surface area contributed by atoms with Crippen molar-refractivity contribution in [1.82, 2.24) is 4.90 Å². The second-order valence-corrected chi connectivity index (χ2v) is 4.78. The maximum Gasteiger partial charge on any atom is 0.133 e. The molecule has 76 valence electrons. The lowest BCUT2D eigenvalue weighted by atomic mass is 10.2. The molecule has 1 rings (SSSR count). The van der Waals surface area contributed by atoms with Gasteiger partial charge in [-0.1, -0.05) is 13.8 Å². The van der Waals surface area contributed by atoms with Crippen LogP contribution in [-0.4, -0.2) is 18.0 Å². The van der Waals surface area contributed by atoms with Crippen LogP contribution in [0.4, 0.5) is 0 Å². The van der Waals surface area contributed by atoms with Gasteiger partial charge >= 0.3 is 0 Å². The zero-order chi connectivity index (χ0) is 10.6. The molecule has 1 aromatic rings. The van der Waals surface area contributed by atoms with E-state index >= 15 is 0 Å². The molecule has 2 nitrogen and oxygen atoms in total. The Morgan fingerprint density at radius 1 is 1.57 bits per heavy atom. The fourth-order valence-corrected chi connectivity index (χ4v) is 2.91. The lowest BCUT2D eigenvalue weighted by Gasteiger charge is -2.22. The van der Waals surface area contributed by atoms with Crippen LogP contribution >= 0.6 is 27.3 Å². The van der Waals surface area contributed by atoms with Gasteiger partial charge in [0.05, 0.1) is 6.07 Å². The van der Waals surface area contributed by atoms with Crippen molar-refractivity contribution in [1.29, 1.82) is 5.26 Å². The van der Waals surface area contributed by atoms with Crippen LogP contribution in [0.15, 0.2) is 15.9 Å². The standard InChI is InChI=1S/C10H13BrN2S/c1-3-13(4-2)9(6-12)10-5-8(11)7-14-10/h5,7,9H,3-4H2,1-2H3. The van der Waals surface area contributed by atoms with Crippen LogP contribution in [0.5, 0.6) is 0 Å². The Kier molecular flexibility index (Phi) is 4.59. The molecule has 0 bridgehead atoms. The number of hydrogen-bond acceptors (Lipinski definition) is 3. The van der Waals surface area contributed by atoms with Gasteiger partial charge in [-0.25, -0.2) is 0 Å². The van der Waals surface area contributed by atoms with Crippen LogP contribution in [0, 0.1) is 11.3 Å². The van der Waals surface area contributed by atoms with Crippen LogP contribution in [0.25, 0.3) is 0 Å². The molecule has 1 aromatic heterocycles. The number of nitrogens with zero attached hydrogens (tertiary/aromatic N) is 2. The molecule has 0 aliphatic heterocycles. The molecule has 0 aromatic carbocycles. The smallest absolute Gasteiger partial charge is 0.133 e. The third-order valence-corrected chi connectivity index (χ3v) is 3.90. The zero-order valence-corrected chi connectivity index (χ0v) is 10.7. The van der Waals surface area contributed by atoms with E-state index in [9.17, 15) is 0 Å². The number of nitriles is 1. The largest absolute Gasteiger partial charge is 0.284 e. The van der Waals surface area contributed by atoms with Gasteiger partial charge in [0.1, 0.15) is 6.04 Å². The van der Waals surface area contributed by atoms with Crippen LogP contribution in [0.3, 0.4) is 0 Å². The summed E-state index contributed by atoms with van der Waals surface area (Å²) in [5.74, 6) is 0. The Labute approximate surface area is 97.3 Å². The highest BCUT2D eigenvalue weighted by atomic mass is 79.9. The molecule has 0 amide bonds. The lowest BCUT2D eigenvalue weighted by Crippen LogP contribution is -2.26. The van der Waals surface area contributed by atoms with Gasteiger partial charge in [-0.15, -0.1) is 11.3 Å². The van der Waals surface area contributed by atoms with Crippen molar-refractivity contribution in [2.45, 2.75) is 19.9 Å². The molecule has 4 heteroatoms. The molecule has 0 saturated heterocycles. The monoisotopic (exact) mass is 272 g/mol. The van der Waals surface area contributed by atoms with E-state index in [-0.39, 0.29) is 6.04 Å². The maximum atomic E-state index is 9.12. The van der Waals surface area contributed by atoms with Gasteiger partial charge in [0.25, 0.3) is 0 Å². The maximum absolute atomic E-state index is 9.12. The first kappa shape index (κ1) is 11.7. The Balaban J connectivity index is 2.87. The Morgan fingerprint density at radius 2 is 2.21 bits per heavy atom. The predicted molar refractivity (Wildman–Crippen MR) is 63.3 cm³/mol. The van der Waals surface area contributed by atoms with Gasteiger partial charge in [0.15, 0.2) is 0 Å². The minimum Gasteiger partial charge on any atom is -0.284 e. The molecular weight excluding hydrogens is 260 g/mol. The average Bonchev–Trinajstić information content (AvgIpc) is 2.60. The molecule has 1 heterocycles. The number of thiophene rings is 1. The van der Waals surface area contributed by atoms with Crippen molar-refractivity contribution in [2.24, 2.45) is 0 Å². The molecule has 0 N–H and O–H groups in total. The van der Waals surface area contributed by atoms with Crippen molar-refractivity contribution in [3.05, 3.63) is 20.8 Å². The van der Waals surface area contributed by atoms with Crippen LogP contribution in [-0.2, 0) is 0 Å². The number of rotatable bonds is 4. The molecule has 0 fully saturated rings. The highest BCUT2D eigenvalue weighted by Gasteiger charge is 2.18. The molecule has 0 aliphatic carbocycles. The molecule has 0 aliphatic rings. The van der Waals surface area contributed by atoms with Crippen molar-refractivity contribution in [3.8, 4) is 6.07 Å². The second kappa shape index (κ2) is 5.50. The second-order valence-electron chi connectivity index (χ2n) is 2.92. The summed E-state index contributed by atoms with van der Waals surface area (Å²) in [7, 11) is 0. The van der Waals surface area contributed by atoms with Crippen LogP contribution in [0.1, 0.15) is 24.8 Å². The third-order valence-electron chi connectivity index (χ3n) is 2.16. The summed E-state index contributed by atoms with van der Waals surface area (Å²) >= 11 is 5.04. The third kappa shape index (κ3) is 2.57. The summed E-state index contributed by atoms with van der Waals surface area (Å²) in [6.07, 6.45) is 0. The Bertz CT molecular complexity index is 325. The molecule has 1 atom stereocenters. The summed E-state index contributed by atoms with van der Waals surface area (Å²) in [4.78, 5) is 3.27. The van der Waals surface area contributed by atoms with E-state index in [0.717, 1.165) is 22.4 Å². The molecule has 1 unspecified atom stereocenters. The van der Waals surface area contributed by atoms with Crippen molar-refractivity contribution in [3.63, 3.8) is 0 Å². The number of halogens is 1. The normalized spacial score (nSPS) is 12.8. The van der Waals surface area contributed by atoms with Gasteiger partial charge in [0, 0.05) is 14.7 Å². The summed E-state index contributed by atoms with van der Waals surface area (Å²) in [5.41, 5.74) is 0. The van der Waals surface area contributed by atoms with Gasteiger partial charge in [-0.05, 0) is 35.1 Å². The van der Waals surface area contributed by atoms with Crippen molar-refractivity contribution < 1.29 is 0 Å². The first-order valence-electron chi connectivity index (χ1n) is 4.60. The molecule has 0 radical (unpaired) electrons. The van der Waals surface area contributed by atoms with E-state index in [1.165, 1.54) is 0 Å². The molecule has 14 heavy (non-hydrogen) atoms. The lowest BCUT2D eigenvalue weighted by molar-refractivity contribution is 0.265. The quantitative estimate of drug-likeness (QED) is 0.840. The van der Waals surface area contributed by atoms with Crippen LogP contribution < -0.4 is 0 Å². The van der Waals surface area contributed by atoms with Gasteiger partial charge in [-0.3, -0.25) is 4.90 Å². The topological polar surface area (TPSA) is 27.0 Å². The molecular formula is C10H13BrN2S. The van der Waals surface area contributed by atoms with Gasteiger partial charge in [0.2, 0.25) is 0 Å². The number of hydrogen-bond donors (Lipinski definition) is 0. The van der Waals surface area contributed by atoms with Crippen molar-refractivity contribution in [2.75, 3.05) is 13.1 Å². The van der Waals surface area contributed by atoms with Gasteiger partial charge < -0.3 is 0 Å². The summed E-state index contributed by atoms with van der Waals surface area (Å²) in [6, 6.07) is 4.28. The Hall–Kier alpha value is -0.370. The van der Waals surface area contributed by atoms with Crippen molar-refractivity contribution >= 4 is 27.3 Å². The summed E-state index contributed by atoms with van der Waals surface area (Å²) < 4.78 is 1.06. The summed E-state index contributed by atoms with van der Waals surface area (Å²) in [6.45, 7) is 5.97. The highest BCUT2D eigenvalue weighted by molar-refractivity contribution is 9.10. The van der Waals surface area contributed by atoms with E-state index in [1.54, 1.807) is 11.3 Å². The van der Waals surface area contributed by atoms with E-state index < -0.39 is 0 Å². The van der Waals surface area contributed by atoms with E-state index in [0.29, 0.717) is 0 Å². The molecule has 0 spiro atoms. The molecule has 0 saturated carbocycles. The first-order valence-corrected chi connectivity index (χ1v) is 6.27. The van der Waals surface area contributed by atoms with E-state index in [2.05, 4.69) is 40.7 Å². The summed E-state index contributed by atoms with van der Waals surface area (Å²) in [5, 5.41) is 11.1. The van der Waals surface area contributed by atoms with Crippen LogP contribution in [0.2, 0.25) is 0 Å². The fourth-order valence-electron chi connectivity index (χ4n) is 1.39. The highest BCUT2D eigenvalue weighted by Crippen LogP contribution is 2.28. The van der Waals surface area contributed by atoms with E-state index in [4.69, 9.17) is 5.26 Å². The predicted octanol–water partition coefficient (Wildman–Crippen LogP) is 3.42. The Morgan fingerprint density at radius 3 is 2.57 bits per heavy atom. The SMILES string of the molecule is CCN(CC)C(C#N)c1cc(Br)cs1.